The third kappa shape index (κ3) is 15.0. The highest BCUT2D eigenvalue weighted by atomic mass is 16.3. The molecule has 0 aromatic heterocycles. The fourth-order valence-corrected chi connectivity index (χ4v) is 2.83. The maximum absolute atomic E-state index is 11.6. The molecular formula is C22H43NO5. The lowest BCUT2D eigenvalue weighted by Gasteiger charge is -2.16. The molecule has 4 unspecified atom stereocenters. The van der Waals surface area contributed by atoms with Gasteiger partial charge in [0.15, 0.2) is 0 Å². The van der Waals surface area contributed by atoms with Gasteiger partial charge in [0, 0.05) is 13.0 Å². The maximum Gasteiger partial charge on any atom is 0.220 e. The van der Waals surface area contributed by atoms with Gasteiger partial charge in [-0.2, -0.15) is 0 Å². The number of hydrogen-bond donors (Lipinski definition) is 5. The number of carbonyl (C=O) groups is 1. The Kier molecular flexibility index (Phi) is 16.4. The van der Waals surface area contributed by atoms with Crippen molar-refractivity contribution in [3.8, 4) is 0 Å². The summed E-state index contributed by atoms with van der Waals surface area (Å²) in [6, 6.07) is 0. The van der Waals surface area contributed by atoms with Crippen molar-refractivity contribution in [1.82, 2.24) is 5.32 Å². The molecule has 6 heteroatoms. The Morgan fingerprint density at radius 2 is 1.36 bits per heavy atom. The van der Waals surface area contributed by atoms with Gasteiger partial charge in [-0.15, -0.1) is 0 Å². The first kappa shape index (κ1) is 27.0. The Morgan fingerprint density at radius 1 is 0.821 bits per heavy atom. The minimum absolute atomic E-state index is 0.122. The summed E-state index contributed by atoms with van der Waals surface area (Å²) in [5.41, 5.74) is 0. The summed E-state index contributed by atoms with van der Waals surface area (Å²) in [5, 5.41) is 42.0. The van der Waals surface area contributed by atoms with Crippen LogP contribution in [0.25, 0.3) is 0 Å². The van der Waals surface area contributed by atoms with Gasteiger partial charge >= 0.3 is 0 Å². The zero-order valence-electron chi connectivity index (χ0n) is 18.0. The van der Waals surface area contributed by atoms with Crippen LogP contribution in [0, 0.1) is 5.92 Å². The molecule has 4 atom stereocenters. The van der Waals surface area contributed by atoms with Gasteiger partial charge in [-0.1, -0.05) is 58.6 Å². The molecule has 0 bridgehead atoms. The Morgan fingerprint density at radius 3 is 1.93 bits per heavy atom. The lowest BCUT2D eigenvalue weighted by Crippen LogP contribution is -2.26. The van der Waals surface area contributed by atoms with Crippen LogP contribution in [0.1, 0.15) is 85.0 Å². The highest BCUT2D eigenvalue weighted by Gasteiger charge is 2.15. The average Bonchev–Trinajstić information content (AvgIpc) is 2.67. The molecule has 0 saturated heterocycles. The fraction of sp³-hybridized carbons (Fsp3) is 0.864. The number of aliphatic hydroxyl groups is 4. The zero-order valence-corrected chi connectivity index (χ0v) is 18.0. The number of aliphatic hydroxyl groups excluding tert-OH is 4. The van der Waals surface area contributed by atoms with Gasteiger partial charge in [0.25, 0.3) is 0 Å². The van der Waals surface area contributed by atoms with Crippen molar-refractivity contribution in [3.63, 3.8) is 0 Å². The molecular weight excluding hydrogens is 358 g/mol. The SMILES string of the molecule is CCC(O)C(O)C/C=C\CC(O)C(O)CCCCCCCC(=O)NCC(C)C. The van der Waals surface area contributed by atoms with Crippen LogP contribution in [0.15, 0.2) is 12.2 Å². The van der Waals surface area contributed by atoms with Crippen LogP contribution in [-0.4, -0.2) is 57.3 Å². The summed E-state index contributed by atoms with van der Waals surface area (Å²) in [4.78, 5) is 11.6. The van der Waals surface area contributed by atoms with E-state index < -0.39 is 24.4 Å². The summed E-state index contributed by atoms with van der Waals surface area (Å²) in [7, 11) is 0. The number of hydrogen-bond acceptors (Lipinski definition) is 5. The van der Waals surface area contributed by atoms with Gasteiger partial charge in [0.05, 0.1) is 24.4 Å². The molecule has 0 spiro atoms. The molecule has 28 heavy (non-hydrogen) atoms. The van der Waals surface area contributed by atoms with E-state index in [-0.39, 0.29) is 5.91 Å². The van der Waals surface area contributed by atoms with Crippen LogP contribution in [-0.2, 0) is 4.79 Å². The van der Waals surface area contributed by atoms with Gasteiger partial charge in [0.2, 0.25) is 5.91 Å². The number of amides is 1. The van der Waals surface area contributed by atoms with Crippen LogP contribution in [0.4, 0.5) is 0 Å². The van der Waals surface area contributed by atoms with E-state index in [1.165, 1.54) is 0 Å². The van der Waals surface area contributed by atoms with Crippen molar-refractivity contribution in [2.75, 3.05) is 6.54 Å². The molecule has 0 aliphatic heterocycles. The first-order chi connectivity index (χ1) is 13.3. The molecule has 0 heterocycles. The first-order valence-corrected chi connectivity index (χ1v) is 10.9. The molecule has 1 amide bonds. The Bertz CT molecular complexity index is 414. The van der Waals surface area contributed by atoms with Crippen LogP contribution < -0.4 is 5.32 Å². The molecule has 6 nitrogen and oxygen atoms in total. The van der Waals surface area contributed by atoms with E-state index in [0.717, 1.165) is 38.6 Å². The molecule has 166 valence electrons. The minimum atomic E-state index is -0.811. The second-order valence-corrected chi connectivity index (χ2v) is 8.12. The molecule has 0 aromatic rings. The number of rotatable bonds is 17. The summed E-state index contributed by atoms with van der Waals surface area (Å²) in [6.45, 7) is 6.69. The lowest BCUT2D eigenvalue weighted by atomic mass is 10.0. The van der Waals surface area contributed by atoms with Crippen molar-refractivity contribution < 1.29 is 25.2 Å². The van der Waals surface area contributed by atoms with Gasteiger partial charge in [-0.25, -0.2) is 0 Å². The second kappa shape index (κ2) is 17.0. The van der Waals surface area contributed by atoms with Crippen molar-refractivity contribution in [2.24, 2.45) is 5.92 Å². The Hall–Kier alpha value is -0.950. The summed E-state index contributed by atoms with van der Waals surface area (Å²) in [5.74, 6) is 0.596. The summed E-state index contributed by atoms with van der Waals surface area (Å²) in [6.07, 6.45) is 7.45. The first-order valence-electron chi connectivity index (χ1n) is 10.9. The molecule has 0 aromatic carbocycles. The number of unbranched alkanes of at least 4 members (excludes halogenated alkanes) is 4. The second-order valence-electron chi connectivity index (χ2n) is 8.12. The molecule has 0 aliphatic rings. The number of carbonyl (C=O) groups excluding carboxylic acids is 1. The molecule has 0 fully saturated rings. The standard InChI is InChI=1S/C22H43NO5/c1-4-18(24)19(25)13-10-11-14-21(27)20(26)12-8-6-5-7-9-15-22(28)23-16-17(2)3/h10-11,17-21,24-27H,4-9,12-16H2,1-3H3,(H,23,28)/b11-10-. The third-order valence-electron chi connectivity index (χ3n) is 4.84. The van der Waals surface area contributed by atoms with Crippen LogP contribution in [0.3, 0.4) is 0 Å². The Balaban J connectivity index is 3.67. The molecule has 0 aliphatic carbocycles. The molecule has 0 radical (unpaired) electrons. The van der Waals surface area contributed by atoms with E-state index in [4.69, 9.17) is 0 Å². The van der Waals surface area contributed by atoms with Crippen LogP contribution in [0.2, 0.25) is 0 Å². The summed E-state index contributed by atoms with van der Waals surface area (Å²) < 4.78 is 0. The highest BCUT2D eigenvalue weighted by Crippen LogP contribution is 2.13. The summed E-state index contributed by atoms with van der Waals surface area (Å²) >= 11 is 0. The van der Waals surface area contributed by atoms with Crippen LogP contribution in [0.5, 0.6) is 0 Å². The monoisotopic (exact) mass is 401 g/mol. The minimum Gasteiger partial charge on any atom is -0.390 e. The predicted molar refractivity (Wildman–Crippen MR) is 113 cm³/mol. The topological polar surface area (TPSA) is 110 Å². The van der Waals surface area contributed by atoms with Gasteiger partial charge in [0.1, 0.15) is 0 Å². The zero-order chi connectivity index (χ0) is 21.4. The van der Waals surface area contributed by atoms with E-state index >= 15 is 0 Å². The normalized spacial score (nSPS) is 16.3. The smallest absolute Gasteiger partial charge is 0.220 e. The number of nitrogens with one attached hydrogen (secondary N) is 1. The van der Waals surface area contributed by atoms with Gasteiger partial charge < -0.3 is 25.7 Å². The average molecular weight is 402 g/mol. The molecule has 0 rings (SSSR count). The van der Waals surface area contributed by atoms with Gasteiger partial charge in [-0.3, -0.25) is 4.79 Å². The van der Waals surface area contributed by atoms with Crippen molar-refractivity contribution in [2.45, 2.75) is 109 Å². The van der Waals surface area contributed by atoms with Crippen molar-refractivity contribution in [3.05, 3.63) is 12.2 Å². The van der Waals surface area contributed by atoms with E-state index in [9.17, 15) is 25.2 Å². The lowest BCUT2D eigenvalue weighted by molar-refractivity contribution is -0.121. The third-order valence-corrected chi connectivity index (χ3v) is 4.84. The van der Waals surface area contributed by atoms with E-state index in [1.54, 1.807) is 12.2 Å². The van der Waals surface area contributed by atoms with Gasteiger partial charge in [-0.05, 0) is 38.0 Å². The van der Waals surface area contributed by atoms with Crippen molar-refractivity contribution >= 4 is 5.91 Å². The highest BCUT2D eigenvalue weighted by molar-refractivity contribution is 5.75. The largest absolute Gasteiger partial charge is 0.390 e. The molecule has 0 saturated carbocycles. The van der Waals surface area contributed by atoms with E-state index in [1.807, 2.05) is 6.92 Å². The Labute approximate surface area is 171 Å². The quantitative estimate of drug-likeness (QED) is 0.190. The predicted octanol–water partition coefficient (Wildman–Crippen LogP) is 2.68. The van der Waals surface area contributed by atoms with Crippen LogP contribution >= 0.6 is 0 Å². The van der Waals surface area contributed by atoms with E-state index in [0.29, 0.717) is 38.0 Å². The molecule has 5 N–H and O–H groups in total. The fourth-order valence-electron chi connectivity index (χ4n) is 2.83. The maximum atomic E-state index is 11.6. The van der Waals surface area contributed by atoms with Crippen molar-refractivity contribution in [1.29, 1.82) is 0 Å². The van der Waals surface area contributed by atoms with E-state index in [2.05, 4.69) is 19.2 Å².